The van der Waals surface area contributed by atoms with Crippen molar-refractivity contribution < 1.29 is 14.3 Å². The van der Waals surface area contributed by atoms with Crippen LogP contribution in [0.1, 0.15) is 44.2 Å². The zero-order valence-electron chi connectivity index (χ0n) is 19.0. The summed E-state index contributed by atoms with van der Waals surface area (Å²) in [7, 11) is 1.63. The second-order valence-corrected chi connectivity index (χ2v) is 8.66. The fourth-order valence-electron chi connectivity index (χ4n) is 3.25. The first-order valence-electron chi connectivity index (χ1n) is 10.9. The van der Waals surface area contributed by atoms with Gasteiger partial charge in [0, 0.05) is 30.2 Å². The normalized spacial score (nSPS) is 11.6. The van der Waals surface area contributed by atoms with Crippen molar-refractivity contribution >= 4 is 23.6 Å². The van der Waals surface area contributed by atoms with Crippen LogP contribution >= 0.6 is 11.8 Å². The Bertz CT molecular complexity index is 822. The van der Waals surface area contributed by atoms with E-state index in [1.54, 1.807) is 23.8 Å². The summed E-state index contributed by atoms with van der Waals surface area (Å²) >= 11 is 1.66. The smallest absolute Gasteiger partial charge is 0.242 e. The molecule has 0 spiro atoms. The van der Waals surface area contributed by atoms with Gasteiger partial charge in [-0.15, -0.1) is 11.8 Å². The maximum absolute atomic E-state index is 13.2. The van der Waals surface area contributed by atoms with Crippen molar-refractivity contribution in [1.29, 1.82) is 0 Å². The van der Waals surface area contributed by atoms with Crippen molar-refractivity contribution in [2.75, 3.05) is 19.4 Å². The minimum absolute atomic E-state index is 0.00562. The summed E-state index contributed by atoms with van der Waals surface area (Å²) in [6.45, 7) is 7.04. The van der Waals surface area contributed by atoms with E-state index in [0.29, 0.717) is 31.7 Å². The molecular formula is C25H34N2O3S. The van der Waals surface area contributed by atoms with Gasteiger partial charge >= 0.3 is 0 Å². The van der Waals surface area contributed by atoms with Crippen LogP contribution in [0.4, 0.5) is 0 Å². The molecular weight excluding hydrogens is 408 g/mol. The first-order valence-corrected chi connectivity index (χ1v) is 11.9. The third-order valence-corrected chi connectivity index (χ3v) is 6.07. The summed E-state index contributed by atoms with van der Waals surface area (Å²) in [4.78, 5) is 28.8. The highest BCUT2D eigenvalue weighted by molar-refractivity contribution is 7.99. The fourth-order valence-corrected chi connectivity index (χ4v) is 4.09. The summed E-state index contributed by atoms with van der Waals surface area (Å²) in [6.07, 6.45) is 1.82. The van der Waals surface area contributed by atoms with Crippen molar-refractivity contribution in [3.8, 4) is 5.75 Å². The van der Waals surface area contributed by atoms with Gasteiger partial charge in [-0.25, -0.2) is 0 Å². The number of benzene rings is 2. The minimum atomic E-state index is -0.481. The Morgan fingerprint density at radius 1 is 1.06 bits per heavy atom. The molecule has 0 aromatic heterocycles. The van der Waals surface area contributed by atoms with Gasteiger partial charge < -0.3 is 15.0 Å². The molecule has 0 aliphatic heterocycles. The lowest BCUT2D eigenvalue weighted by Crippen LogP contribution is -2.49. The molecule has 2 aromatic carbocycles. The lowest BCUT2D eigenvalue weighted by molar-refractivity contribution is -0.141. The number of nitrogens with one attached hydrogen (secondary N) is 1. The standard InChI is InChI=1S/C25H34N2O3S/c1-5-16-26-25(29)23(6-2)27(18-20-9-11-21(30-4)12-10-20)24(28)15-17-31-22-13-7-19(3)8-14-22/h7-14,23H,5-6,15-18H2,1-4H3,(H,26,29)/t23-/m1/s1. The van der Waals surface area contributed by atoms with E-state index in [9.17, 15) is 9.59 Å². The number of hydrogen-bond donors (Lipinski definition) is 1. The molecule has 0 heterocycles. The number of carbonyl (C=O) groups excluding carboxylic acids is 2. The second-order valence-electron chi connectivity index (χ2n) is 7.50. The number of aryl methyl sites for hydroxylation is 1. The largest absolute Gasteiger partial charge is 0.497 e. The van der Waals surface area contributed by atoms with Crippen molar-refractivity contribution in [3.05, 3.63) is 59.7 Å². The van der Waals surface area contributed by atoms with E-state index in [1.165, 1.54) is 5.56 Å². The summed E-state index contributed by atoms with van der Waals surface area (Å²) in [5.41, 5.74) is 2.19. The van der Waals surface area contributed by atoms with Gasteiger partial charge in [-0.05, 0) is 49.6 Å². The summed E-state index contributed by atoms with van der Waals surface area (Å²) in [5, 5.41) is 2.95. The molecule has 6 heteroatoms. The van der Waals surface area contributed by atoms with Crippen LogP contribution in [-0.4, -0.2) is 42.2 Å². The predicted octanol–water partition coefficient (Wildman–Crippen LogP) is 4.82. The maximum Gasteiger partial charge on any atom is 0.242 e. The topological polar surface area (TPSA) is 58.6 Å². The molecule has 168 valence electrons. The number of rotatable bonds is 12. The monoisotopic (exact) mass is 442 g/mol. The van der Waals surface area contributed by atoms with Gasteiger partial charge in [0.25, 0.3) is 0 Å². The van der Waals surface area contributed by atoms with Crippen molar-refractivity contribution in [3.63, 3.8) is 0 Å². The Kier molecular flexibility index (Phi) is 10.4. The fraction of sp³-hybridized carbons (Fsp3) is 0.440. The van der Waals surface area contributed by atoms with E-state index in [0.717, 1.165) is 22.6 Å². The summed E-state index contributed by atoms with van der Waals surface area (Å²) < 4.78 is 5.23. The lowest BCUT2D eigenvalue weighted by Gasteiger charge is -2.30. The quantitative estimate of drug-likeness (QED) is 0.479. The van der Waals surface area contributed by atoms with Crippen LogP contribution in [0, 0.1) is 6.92 Å². The van der Waals surface area contributed by atoms with Gasteiger partial charge in [0.1, 0.15) is 11.8 Å². The molecule has 0 aliphatic rings. The van der Waals surface area contributed by atoms with Crippen LogP contribution in [0.15, 0.2) is 53.4 Å². The van der Waals surface area contributed by atoms with Gasteiger partial charge in [-0.1, -0.05) is 43.7 Å². The van der Waals surface area contributed by atoms with Crippen LogP contribution < -0.4 is 10.1 Å². The van der Waals surface area contributed by atoms with Crippen LogP contribution in [0.3, 0.4) is 0 Å². The Morgan fingerprint density at radius 3 is 2.32 bits per heavy atom. The van der Waals surface area contributed by atoms with E-state index in [-0.39, 0.29) is 11.8 Å². The molecule has 1 N–H and O–H groups in total. The van der Waals surface area contributed by atoms with E-state index >= 15 is 0 Å². The zero-order chi connectivity index (χ0) is 22.6. The third kappa shape index (κ3) is 7.94. The molecule has 0 bridgehead atoms. The highest BCUT2D eigenvalue weighted by Gasteiger charge is 2.28. The van der Waals surface area contributed by atoms with Crippen LogP contribution in [0.5, 0.6) is 5.75 Å². The van der Waals surface area contributed by atoms with Crippen LogP contribution in [0.2, 0.25) is 0 Å². The first-order chi connectivity index (χ1) is 15.0. The first kappa shape index (κ1) is 24.8. The van der Waals surface area contributed by atoms with Gasteiger partial charge in [-0.2, -0.15) is 0 Å². The molecule has 2 aromatic rings. The molecule has 1 atom stereocenters. The summed E-state index contributed by atoms with van der Waals surface area (Å²) in [5.74, 6) is 1.35. The van der Waals surface area contributed by atoms with E-state index < -0.39 is 6.04 Å². The minimum Gasteiger partial charge on any atom is -0.497 e. The maximum atomic E-state index is 13.2. The Labute approximate surface area is 190 Å². The van der Waals surface area contributed by atoms with Crippen molar-refractivity contribution in [1.82, 2.24) is 10.2 Å². The number of ether oxygens (including phenoxy) is 1. The SMILES string of the molecule is CCCNC(=O)[C@@H](CC)N(Cc1ccc(OC)cc1)C(=O)CCSc1ccc(C)cc1. The highest BCUT2D eigenvalue weighted by Crippen LogP contribution is 2.21. The van der Waals surface area contributed by atoms with Crippen molar-refractivity contribution in [2.45, 2.75) is 57.5 Å². The molecule has 0 radical (unpaired) electrons. The Hall–Kier alpha value is -2.47. The number of methoxy groups -OCH3 is 1. The highest BCUT2D eigenvalue weighted by atomic mass is 32.2. The number of carbonyl (C=O) groups is 2. The molecule has 0 fully saturated rings. The molecule has 0 saturated carbocycles. The van der Waals surface area contributed by atoms with Crippen molar-refractivity contribution in [2.24, 2.45) is 0 Å². The number of hydrogen-bond acceptors (Lipinski definition) is 4. The number of nitrogens with zero attached hydrogens (tertiary/aromatic N) is 1. The number of amides is 2. The Morgan fingerprint density at radius 2 is 1.74 bits per heavy atom. The van der Waals surface area contributed by atoms with Gasteiger partial charge in [0.05, 0.1) is 7.11 Å². The average Bonchev–Trinajstić information content (AvgIpc) is 2.79. The zero-order valence-corrected chi connectivity index (χ0v) is 19.8. The molecule has 31 heavy (non-hydrogen) atoms. The summed E-state index contributed by atoms with van der Waals surface area (Å²) in [6, 6.07) is 15.5. The molecule has 0 saturated heterocycles. The van der Waals surface area contributed by atoms with Gasteiger partial charge in [0.15, 0.2) is 0 Å². The van der Waals surface area contributed by atoms with Crippen LogP contribution in [0.25, 0.3) is 0 Å². The Balaban J connectivity index is 2.10. The molecule has 2 rings (SSSR count). The van der Waals surface area contributed by atoms with E-state index in [2.05, 4.69) is 36.5 Å². The lowest BCUT2D eigenvalue weighted by atomic mass is 10.1. The molecule has 0 unspecified atom stereocenters. The molecule has 0 aliphatic carbocycles. The van der Waals surface area contributed by atoms with E-state index in [1.807, 2.05) is 38.1 Å². The van der Waals surface area contributed by atoms with Crippen LogP contribution in [-0.2, 0) is 16.1 Å². The second kappa shape index (κ2) is 13.1. The average molecular weight is 443 g/mol. The molecule has 5 nitrogen and oxygen atoms in total. The third-order valence-electron chi connectivity index (χ3n) is 5.05. The number of thioether (sulfide) groups is 1. The molecule has 2 amide bonds. The predicted molar refractivity (Wildman–Crippen MR) is 127 cm³/mol. The van der Waals surface area contributed by atoms with Gasteiger partial charge in [-0.3, -0.25) is 9.59 Å². The van der Waals surface area contributed by atoms with E-state index in [4.69, 9.17) is 4.74 Å². The van der Waals surface area contributed by atoms with Gasteiger partial charge in [0.2, 0.25) is 11.8 Å².